The third kappa shape index (κ3) is 2.36. The Morgan fingerprint density at radius 2 is 1.52 bits per heavy atom. The number of hydrogen-bond acceptors (Lipinski definition) is 2. The molecule has 0 bridgehead atoms. The fourth-order valence-electron chi connectivity index (χ4n) is 3.10. The Bertz CT molecular complexity index is 885. The predicted octanol–water partition coefficient (Wildman–Crippen LogP) is 4.78. The average Bonchev–Trinajstić information content (AvgIpc) is 2.90. The van der Waals surface area contributed by atoms with E-state index < -0.39 is 0 Å². The first-order chi connectivity index (χ1) is 10.9. The van der Waals surface area contributed by atoms with E-state index in [1.54, 1.807) is 19.9 Å². The van der Waals surface area contributed by atoms with Crippen molar-refractivity contribution in [1.29, 1.82) is 0 Å². The summed E-state index contributed by atoms with van der Waals surface area (Å²) in [6.45, 7) is 10.8. The van der Waals surface area contributed by atoms with Crippen molar-refractivity contribution < 1.29 is 9.59 Å². The van der Waals surface area contributed by atoms with Crippen LogP contribution in [0.2, 0.25) is 0 Å². The molecule has 0 unspecified atom stereocenters. The molecule has 0 spiro atoms. The summed E-state index contributed by atoms with van der Waals surface area (Å²) in [4.78, 5) is 25.2. The highest BCUT2D eigenvalue weighted by atomic mass is 16.1. The molecule has 0 saturated carbocycles. The lowest BCUT2D eigenvalue weighted by atomic mass is 9.88. The van der Waals surface area contributed by atoms with Crippen LogP contribution in [0.3, 0.4) is 0 Å². The van der Waals surface area contributed by atoms with Gasteiger partial charge in [0.2, 0.25) is 0 Å². The fourth-order valence-corrected chi connectivity index (χ4v) is 3.10. The molecule has 0 radical (unpaired) electrons. The van der Waals surface area contributed by atoms with Gasteiger partial charge in [-0.1, -0.05) is 43.5 Å². The zero-order valence-electron chi connectivity index (χ0n) is 13.4. The molecule has 0 aromatic heterocycles. The van der Waals surface area contributed by atoms with E-state index >= 15 is 0 Å². The molecule has 0 atom stereocenters. The van der Waals surface area contributed by atoms with Crippen LogP contribution in [0.5, 0.6) is 0 Å². The molecule has 2 heteroatoms. The van der Waals surface area contributed by atoms with Crippen LogP contribution < -0.4 is 0 Å². The molecule has 114 valence electrons. The van der Waals surface area contributed by atoms with Crippen LogP contribution in [0, 0.1) is 0 Å². The molecule has 2 aromatic rings. The van der Waals surface area contributed by atoms with E-state index in [2.05, 4.69) is 25.3 Å². The molecule has 23 heavy (non-hydrogen) atoms. The lowest BCUT2D eigenvalue weighted by molar-refractivity contribution is 0.0999. The Morgan fingerprint density at radius 3 is 2.17 bits per heavy atom. The van der Waals surface area contributed by atoms with Crippen LogP contribution in [0.25, 0.3) is 11.1 Å². The van der Waals surface area contributed by atoms with Gasteiger partial charge in [-0.25, -0.2) is 0 Å². The summed E-state index contributed by atoms with van der Waals surface area (Å²) in [5, 5.41) is 0. The van der Waals surface area contributed by atoms with Gasteiger partial charge in [-0.15, -0.1) is 0 Å². The largest absolute Gasteiger partial charge is 0.289 e. The van der Waals surface area contributed by atoms with Crippen molar-refractivity contribution in [3.05, 3.63) is 83.0 Å². The van der Waals surface area contributed by atoms with Crippen molar-refractivity contribution >= 4 is 11.6 Å². The number of carbonyl (C=O) groups excluding carboxylic acids is 2. The first kappa shape index (κ1) is 15.2. The molecule has 2 nitrogen and oxygen atoms in total. The number of hydrogen-bond donors (Lipinski definition) is 0. The van der Waals surface area contributed by atoms with Crippen LogP contribution in [-0.2, 0) is 6.42 Å². The summed E-state index contributed by atoms with van der Waals surface area (Å²) in [6.07, 6.45) is 0.664. The smallest absolute Gasteiger partial charge is 0.189 e. The minimum atomic E-state index is -0.187. The minimum absolute atomic E-state index is 0.167. The predicted molar refractivity (Wildman–Crippen MR) is 93.0 cm³/mol. The Hall–Kier alpha value is -2.74. The van der Waals surface area contributed by atoms with Gasteiger partial charge in [0.15, 0.2) is 11.6 Å². The van der Waals surface area contributed by atoms with E-state index in [4.69, 9.17) is 0 Å². The first-order valence-corrected chi connectivity index (χ1v) is 7.56. The van der Waals surface area contributed by atoms with E-state index in [1.807, 2.05) is 18.2 Å². The fraction of sp³-hybridized carbons (Fsp3) is 0.143. The van der Waals surface area contributed by atoms with E-state index in [0.717, 1.165) is 16.7 Å². The second-order valence-corrected chi connectivity index (χ2v) is 6.07. The monoisotopic (exact) mass is 302 g/mol. The van der Waals surface area contributed by atoms with Gasteiger partial charge in [-0.2, -0.15) is 0 Å². The number of benzene rings is 2. The van der Waals surface area contributed by atoms with Gasteiger partial charge in [0.05, 0.1) is 0 Å². The molecule has 0 saturated heterocycles. The summed E-state index contributed by atoms with van der Waals surface area (Å²) < 4.78 is 0. The molecule has 0 N–H and O–H groups in total. The zero-order valence-corrected chi connectivity index (χ0v) is 13.4. The molecule has 1 aliphatic carbocycles. The third-order valence-electron chi connectivity index (χ3n) is 4.23. The van der Waals surface area contributed by atoms with Crippen LogP contribution in [0.1, 0.15) is 45.7 Å². The van der Waals surface area contributed by atoms with Gasteiger partial charge in [0, 0.05) is 11.1 Å². The molecular formula is C21H18O2. The van der Waals surface area contributed by atoms with Gasteiger partial charge in [0.25, 0.3) is 0 Å². The Kier molecular flexibility index (Phi) is 3.61. The van der Waals surface area contributed by atoms with E-state index in [0.29, 0.717) is 28.7 Å². The van der Waals surface area contributed by atoms with Gasteiger partial charge in [-0.3, -0.25) is 9.59 Å². The molecule has 0 amide bonds. The van der Waals surface area contributed by atoms with Crippen molar-refractivity contribution in [2.45, 2.75) is 20.3 Å². The number of fused-ring (bicyclic) bond motifs is 3. The quantitative estimate of drug-likeness (QED) is 0.513. The molecule has 0 fully saturated rings. The number of carbonyl (C=O) groups is 2. The second-order valence-electron chi connectivity index (χ2n) is 6.07. The Morgan fingerprint density at radius 1 is 0.870 bits per heavy atom. The summed E-state index contributed by atoms with van der Waals surface area (Å²) in [5.41, 5.74) is 6.04. The van der Waals surface area contributed by atoms with Gasteiger partial charge >= 0.3 is 0 Å². The minimum Gasteiger partial charge on any atom is -0.289 e. The number of Topliss-reactive ketones (excluding diaryl/α,β-unsaturated/α-hetero) is 2. The topological polar surface area (TPSA) is 34.1 Å². The van der Waals surface area contributed by atoms with Crippen molar-refractivity contribution in [2.75, 3.05) is 0 Å². The highest BCUT2D eigenvalue weighted by Gasteiger charge is 2.28. The molecule has 1 aliphatic rings. The Labute approximate surface area is 136 Å². The third-order valence-corrected chi connectivity index (χ3v) is 4.23. The van der Waals surface area contributed by atoms with Crippen molar-refractivity contribution in [1.82, 2.24) is 0 Å². The van der Waals surface area contributed by atoms with Crippen molar-refractivity contribution in [3.63, 3.8) is 0 Å². The van der Waals surface area contributed by atoms with E-state index in [9.17, 15) is 9.59 Å². The molecule has 0 heterocycles. The van der Waals surface area contributed by atoms with Crippen LogP contribution in [-0.4, -0.2) is 11.6 Å². The first-order valence-electron chi connectivity index (χ1n) is 7.56. The van der Waals surface area contributed by atoms with Gasteiger partial charge < -0.3 is 0 Å². The SMILES string of the molecule is C=C(C)C(=O)c1ccc2c(c1C(=O)C(=C)C)Cc1ccccc1-2. The normalized spacial score (nSPS) is 11.6. The Balaban J connectivity index is 2.29. The van der Waals surface area contributed by atoms with Gasteiger partial charge in [0.1, 0.15) is 0 Å². The standard InChI is InChI=1S/C21H18O2/c1-12(2)20(22)17-10-9-16-15-8-6-5-7-14(15)11-18(16)19(17)21(23)13(3)4/h5-10H,1,3,11H2,2,4H3. The van der Waals surface area contributed by atoms with Crippen molar-refractivity contribution in [2.24, 2.45) is 0 Å². The van der Waals surface area contributed by atoms with Crippen LogP contribution in [0.4, 0.5) is 0 Å². The lowest BCUT2D eigenvalue weighted by Gasteiger charge is -2.13. The summed E-state index contributed by atoms with van der Waals surface area (Å²) >= 11 is 0. The second kappa shape index (κ2) is 5.47. The van der Waals surface area contributed by atoms with Crippen molar-refractivity contribution in [3.8, 4) is 11.1 Å². The number of allylic oxidation sites excluding steroid dienone is 2. The maximum Gasteiger partial charge on any atom is 0.189 e. The summed E-state index contributed by atoms with van der Waals surface area (Å²) in [7, 11) is 0. The summed E-state index contributed by atoms with van der Waals surface area (Å²) in [5.74, 6) is -0.354. The molecule has 2 aromatic carbocycles. The molecule has 0 aliphatic heterocycles. The molecular weight excluding hydrogens is 284 g/mol. The highest BCUT2D eigenvalue weighted by molar-refractivity contribution is 6.20. The lowest BCUT2D eigenvalue weighted by Crippen LogP contribution is -2.13. The summed E-state index contributed by atoms with van der Waals surface area (Å²) in [6, 6.07) is 11.8. The zero-order chi connectivity index (χ0) is 16.7. The van der Waals surface area contributed by atoms with Crippen LogP contribution in [0.15, 0.2) is 60.7 Å². The van der Waals surface area contributed by atoms with E-state index in [1.165, 1.54) is 5.56 Å². The van der Waals surface area contributed by atoms with Gasteiger partial charge in [-0.05, 0) is 59.7 Å². The highest BCUT2D eigenvalue weighted by Crippen LogP contribution is 2.40. The van der Waals surface area contributed by atoms with Crippen LogP contribution >= 0.6 is 0 Å². The van der Waals surface area contributed by atoms with E-state index in [-0.39, 0.29) is 11.6 Å². The average molecular weight is 302 g/mol. The molecule has 3 rings (SSSR count). The number of rotatable bonds is 4. The number of ketones is 2. The maximum atomic E-state index is 12.7. The maximum absolute atomic E-state index is 12.7.